The van der Waals surface area contributed by atoms with Crippen LogP contribution in [0.5, 0.6) is 0 Å². The van der Waals surface area contributed by atoms with Crippen molar-refractivity contribution in [2.24, 2.45) is 0 Å². The van der Waals surface area contributed by atoms with Crippen molar-refractivity contribution >= 4 is 17.5 Å². The number of hydrogen-bond donors (Lipinski definition) is 2. The molecular weight excluding hydrogens is 404 g/mol. The number of carbonyl (C=O) groups excluding carboxylic acids is 1. The highest BCUT2D eigenvalue weighted by Gasteiger charge is 2.11. The first-order valence-corrected chi connectivity index (χ1v) is 9.35. The molecule has 4 aromatic rings. The fraction of sp³-hybridized carbons (Fsp3) is 0.100. The number of halogens is 1. The highest BCUT2D eigenvalue weighted by molar-refractivity contribution is 6.31. The number of aromatic nitrogens is 6. The number of hydrogen-bond acceptors (Lipinski definition) is 6. The highest BCUT2D eigenvalue weighted by Crippen LogP contribution is 2.22. The molecule has 9 nitrogen and oxygen atoms in total. The molecular formula is C20H15ClN8O. The maximum atomic E-state index is 12.3. The predicted octanol–water partition coefficient (Wildman–Crippen LogP) is 2.69. The zero-order valence-corrected chi connectivity index (χ0v) is 16.3. The molecule has 0 aromatic carbocycles. The fourth-order valence-electron chi connectivity index (χ4n) is 2.78. The molecule has 0 aliphatic heterocycles. The fourth-order valence-corrected chi connectivity index (χ4v) is 2.99. The standard InChI is InChI=1S/C20H15ClN8O/c21-15-8-14(12-25-19(15)10-22)16-3-6-29(28-16)7-5-24-20(30)18-9-17(26-27-18)13-2-1-4-23-11-13/h1-4,6,8-9,11-12H,5,7H2,(H,24,30)(H,26,27). The summed E-state index contributed by atoms with van der Waals surface area (Å²) in [5, 5.41) is 23.4. The number of H-pyrrole nitrogens is 1. The van der Waals surface area contributed by atoms with Gasteiger partial charge in [-0.15, -0.1) is 0 Å². The first-order valence-electron chi connectivity index (χ1n) is 8.97. The van der Waals surface area contributed by atoms with E-state index in [9.17, 15) is 4.79 Å². The summed E-state index contributed by atoms with van der Waals surface area (Å²) in [7, 11) is 0. The molecule has 0 spiro atoms. The maximum Gasteiger partial charge on any atom is 0.269 e. The third-order valence-electron chi connectivity index (χ3n) is 4.29. The van der Waals surface area contributed by atoms with Crippen molar-refractivity contribution in [1.82, 2.24) is 35.3 Å². The van der Waals surface area contributed by atoms with Crippen molar-refractivity contribution < 1.29 is 4.79 Å². The van der Waals surface area contributed by atoms with Gasteiger partial charge in [0.25, 0.3) is 5.91 Å². The lowest BCUT2D eigenvalue weighted by atomic mass is 10.2. The van der Waals surface area contributed by atoms with Crippen LogP contribution in [0.2, 0.25) is 5.02 Å². The van der Waals surface area contributed by atoms with E-state index in [-0.39, 0.29) is 16.6 Å². The lowest BCUT2D eigenvalue weighted by molar-refractivity contribution is 0.0947. The molecule has 0 saturated heterocycles. The van der Waals surface area contributed by atoms with Gasteiger partial charge in [-0.1, -0.05) is 11.6 Å². The number of pyridine rings is 2. The summed E-state index contributed by atoms with van der Waals surface area (Å²) < 4.78 is 1.70. The van der Waals surface area contributed by atoms with Gasteiger partial charge in [0, 0.05) is 42.5 Å². The van der Waals surface area contributed by atoms with Crippen LogP contribution in [-0.4, -0.2) is 42.4 Å². The molecule has 4 rings (SSSR count). The zero-order valence-electron chi connectivity index (χ0n) is 15.6. The second-order valence-corrected chi connectivity index (χ2v) is 6.70. The van der Waals surface area contributed by atoms with Crippen molar-refractivity contribution in [3.05, 3.63) is 71.5 Å². The summed E-state index contributed by atoms with van der Waals surface area (Å²) in [5.41, 5.74) is 3.41. The van der Waals surface area contributed by atoms with Gasteiger partial charge in [0.15, 0.2) is 5.69 Å². The van der Waals surface area contributed by atoms with Crippen molar-refractivity contribution in [2.75, 3.05) is 6.54 Å². The SMILES string of the molecule is N#Cc1ncc(-c2ccn(CCNC(=O)c3cc(-c4cccnc4)n[nH]3)n2)cc1Cl. The molecule has 0 aliphatic carbocycles. The molecule has 4 heterocycles. The molecule has 148 valence electrons. The summed E-state index contributed by atoms with van der Waals surface area (Å²) in [6.07, 6.45) is 6.71. The Morgan fingerprint density at radius 1 is 1.23 bits per heavy atom. The Balaban J connectivity index is 1.34. The second-order valence-electron chi connectivity index (χ2n) is 6.29. The lowest BCUT2D eigenvalue weighted by Gasteiger charge is -2.04. The molecule has 0 radical (unpaired) electrons. The Kier molecular flexibility index (Phi) is 5.50. The Hall–Kier alpha value is -4.03. The first kappa shape index (κ1) is 19.3. The van der Waals surface area contributed by atoms with Crippen LogP contribution < -0.4 is 5.32 Å². The van der Waals surface area contributed by atoms with Gasteiger partial charge in [-0.2, -0.15) is 15.5 Å². The van der Waals surface area contributed by atoms with Crippen LogP contribution in [0.4, 0.5) is 0 Å². The van der Waals surface area contributed by atoms with E-state index in [1.165, 1.54) is 0 Å². The van der Waals surface area contributed by atoms with Crippen LogP contribution in [0.15, 0.2) is 55.1 Å². The van der Waals surface area contributed by atoms with Crippen LogP contribution >= 0.6 is 11.6 Å². The van der Waals surface area contributed by atoms with E-state index in [2.05, 4.69) is 30.6 Å². The smallest absolute Gasteiger partial charge is 0.269 e. The number of nitrogens with zero attached hydrogens (tertiary/aromatic N) is 6. The molecule has 2 N–H and O–H groups in total. The Bertz CT molecular complexity index is 1230. The normalized spacial score (nSPS) is 10.5. The highest BCUT2D eigenvalue weighted by atomic mass is 35.5. The summed E-state index contributed by atoms with van der Waals surface area (Å²) in [4.78, 5) is 20.4. The number of aromatic amines is 1. The monoisotopic (exact) mass is 418 g/mol. The van der Waals surface area contributed by atoms with Crippen LogP contribution in [0.1, 0.15) is 16.2 Å². The second kappa shape index (κ2) is 8.55. The quantitative estimate of drug-likeness (QED) is 0.496. The molecule has 0 unspecified atom stereocenters. The number of amides is 1. The average molecular weight is 419 g/mol. The topological polar surface area (TPSA) is 125 Å². The Morgan fingerprint density at radius 3 is 2.90 bits per heavy atom. The molecule has 10 heteroatoms. The summed E-state index contributed by atoms with van der Waals surface area (Å²) >= 11 is 6.03. The first-order chi connectivity index (χ1) is 14.6. The van der Waals surface area contributed by atoms with Gasteiger partial charge >= 0.3 is 0 Å². The van der Waals surface area contributed by atoms with Gasteiger partial charge < -0.3 is 5.32 Å². The number of carbonyl (C=O) groups is 1. The predicted molar refractivity (Wildman–Crippen MR) is 109 cm³/mol. The number of nitrogens with one attached hydrogen (secondary N) is 2. The van der Waals surface area contributed by atoms with Crippen molar-refractivity contribution in [1.29, 1.82) is 5.26 Å². The molecule has 30 heavy (non-hydrogen) atoms. The molecule has 0 saturated carbocycles. The summed E-state index contributed by atoms with van der Waals surface area (Å²) in [6, 6.07) is 10.8. The van der Waals surface area contributed by atoms with Crippen molar-refractivity contribution in [3.63, 3.8) is 0 Å². The van der Waals surface area contributed by atoms with Crippen molar-refractivity contribution in [2.45, 2.75) is 6.54 Å². The van der Waals surface area contributed by atoms with E-state index in [0.29, 0.717) is 35.7 Å². The van der Waals surface area contributed by atoms with Gasteiger partial charge in [-0.05, 0) is 30.3 Å². The van der Waals surface area contributed by atoms with Gasteiger partial charge in [0.1, 0.15) is 11.8 Å². The van der Waals surface area contributed by atoms with E-state index in [1.54, 1.807) is 41.6 Å². The number of nitriles is 1. The van der Waals surface area contributed by atoms with Gasteiger partial charge in [0.2, 0.25) is 0 Å². The lowest BCUT2D eigenvalue weighted by Crippen LogP contribution is -2.27. The third-order valence-corrected chi connectivity index (χ3v) is 4.58. The molecule has 0 fully saturated rings. The van der Waals surface area contributed by atoms with E-state index in [0.717, 1.165) is 5.56 Å². The van der Waals surface area contributed by atoms with E-state index in [4.69, 9.17) is 16.9 Å². The molecule has 0 aliphatic rings. The minimum absolute atomic E-state index is 0.174. The molecule has 0 bridgehead atoms. The molecule has 4 aromatic heterocycles. The Morgan fingerprint density at radius 2 is 2.13 bits per heavy atom. The average Bonchev–Trinajstić information content (AvgIpc) is 3.44. The van der Waals surface area contributed by atoms with Crippen LogP contribution in [0, 0.1) is 11.3 Å². The van der Waals surface area contributed by atoms with E-state index >= 15 is 0 Å². The number of rotatable bonds is 6. The minimum Gasteiger partial charge on any atom is -0.349 e. The zero-order chi connectivity index (χ0) is 20.9. The van der Waals surface area contributed by atoms with Gasteiger partial charge in [-0.25, -0.2) is 4.98 Å². The minimum atomic E-state index is -0.256. The van der Waals surface area contributed by atoms with Crippen LogP contribution in [0.25, 0.3) is 22.5 Å². The van der Waals surface area contributed by atoms with E-state index < -0.39 is 0 Å². The van der Waals surface area contributed by atoms with Gasteiger partial charge in [-0.3, -0.25) is 19.6 Å². The van der Waals surface area contributed by atoms with Crippen molar-refractivity contribution in [3.8, 4) is 28.6 Å². The molecule has 1 amide bonds. The summed E-state index contributed by atoms with van der Waals surface area (Å²) in [5.74, 6) is -0.256. The van der Waals surface area contributed by atoms with Crippen LogP contribution in [-0.2, 0) is 6.54 Å². The molecule has 0 atom stereocenters. The maximum absolute atomic E-state index is 12.3. The van der Waals surface area contributed by atoms with Gasteiger partial charge in [0.05, 0.1) is 23.0 Å². The van der Waals surface area contributed by atoms with Crippen LogP contribution in [0.3, 0.4) is 0 Å². The van der Waals surface area contributed by atoms with E-state index in [1.807, 2.05) is 24.3 Å². The largest absolute Gasteiger partial charge is 0.349 e. The summed E-state index contributed by atoms with van der Waals surface area (Å²) in [6.45, 7) is 0.861. The third kappa shape index (κ3) is 4.19. The Labute approximate surface area is 176 Å².